The van der Waals surface area contributed by atoms with Crippen molar-refractivity contribution in [1.29, 1.82) is 0 Å². The fraction of sp³-hybridized carbons (Fsp3) is 0.300. The van der Waals surface area contributed by atoms with Crippen LogP contribution < -0.4 is 14.2 Å². The Morgan fingerprint density at radius 1 is 1.00 bits per heavy atom. The van der Waals surface area contributed by atoms with Crippen LogP contribution >= 0.6 is 11.8 Å². The van der Waals surface area contributed by atoms with Crippen molar-refractivity contribution in [2.75, 3.05) is 23.7 Å². The lowest BCUT2D eigenvalue weighted by atomic mass is 10.2. The average molecular weight is 451 g/mol. The normalized spacial score (nSPS) is 14.1. The van der Waals surface area contributed by atoms with Gasteiger partial charge in [0.1, 0.15) is 0 Å². The summed E-state index contributed by atoms with van der Waals surface area (Å²) in [6.07, 6.45) is 0. The molecule has 0 bridgehead atoms. The standard InChI is InChI=1S/C20H22N2O6S2/c1-3-27-17-10-9-16(11-18(17)28-4-2)30(25,26)21-15-7-5-14(6-8-15)12-22-19(23)13-29-20(22)24/h5-11,21H,3-4,12-13H2,1-2H3. The van der Waals surface area contributed by atoms with E-state index in [0.717, 1.165) is 17.3 Å². The Morgan fingerprint density at radius 3 is 2.27 bits per heavy atom. The molecule has 2 aromatic carbocycles. The van der Waals surface area contributed by atoms with Crippen molar-refractivity contribution in [3.05, 3.63) is 48.0 Å². The van der Waals surface area contributed by atoms with Crippen LogP contribution in [-0.4, -0.2) is 43.4 Å². The number of benzene rings is 2. The summed E-state index contributed by atoms with van der Waals surface area (Å²) in [6.45, 7) is 4.61. The minimum absolute atomic E-state index is 0.0452. The fourth-order valence-corrected chi connectivity index (χ4v) is 4.61. The van der Waals surface area contributed by atoms with Crippen LogP contribution in [0.4, 0.5) is 10.5 Å². The Bertz CT molecular complexity index is 1020. The van der Waals surface area contributed by atoms with Crippen molar-refractivity contribution in [3.8, 4) is 11.5 Å². The maximum absolute atomic E-state index is 12.8. The summed E-state index contributed by atoms with van der Waals surface area (Å²) in [6, 6.07) is 11.0. The van der Waals surface area contributed by atoms with Gasteiger partial charge < -0.3 is 9.47 Å². The van der Waals surface area contributed by atoms with Crippen molar-refractivity contribution in [1.82, 2.24) is 4.90 Å². The van der Waals surface area contributed by atoms with Gasteiger partial charge in [-0.25, -0.2) is 8.42 Å². The molecule has 0 saturated carbocycles. The summed E-state index contributed by atoms with van der Waals surface area (Å²) in [4.78, 5) is 24.6. The summed E-state index contributed by atoms with van der Waals surface area (Å²) in [5.41, 5.74) is 1.08. The molecule has 0 aliphatic carbocycles. The summed E-state index contributed by atoms with van der Waals surface area (Å²) >= 11 is 0.976. The number of anilines is 1. The van der Waals surface area contributed by atoms with Crippen molar-refractivity contribution in [2.24, 2.45) is 0 Å². The van der Waals surface area contributed by atoms with E-state index in [0.29, 0.717) is 30.4 Å². The van der Waals surface area contributed by atoms with Crippen LogP contribution in [0.2, 0.25) is 0 Å². The number of imide groups is 1. The van der Waals surface area contributed by atoms with Gasteiger partial charge in [-0.15, -0.1) is 0 Å². The van der Waals surface area contributed by atoms with Crippen molar-refractivity contribution < 1.29 is 27.5 Å². The third-order valence-corrected chi connectivity index (χ3v) is 6.45. The van der Waals surface area contributed by atoms with E-state index in [1.54, 1.807) is 37.3 Å². The van der Waals surface area contributed by atoms with E-state index in [2.05, 4.69) is 4.72 Å². The first-order valence-electron chi connectivity index (χ1n) is 9.32. The van der Waals surface area contributed by atoms with Crippen LogP contribution in [0.3, 0.4) is 0 Å². The van der Waals surface area contributed by atoms with Crippen LogP contribution in [0.25, 0.3) is 0 Å². The summed E-state index contributed by atoms with van der Waals surface area (Å²) < 4.78 is 39.0. The second-order valence-electron chi connectivity index (χ2n) is 6.31. The molecule has 0 atom stereocenters. The van der Waals surface area contributed by atoms with E-state index < -0.39 is 10.0 Å². The highest BCUT2D eigenvalue weighted by Crippen LogP contribution is 2.31. The predicted molar refractivity (Wildman–Crippen MR) is 114 cm³/mol. The molecule has 1 aliphatic heterocycles. The van der Waals surface area contributed by atoms with E-state index >= 15 is 0 Å². The highest BCUT2D eigenvalue weighted by Gasteiger charge is 2.29. The Morgan fingerprint density at radius 2 is 1.67 bits per heavy atom. The van der Waals surface area contributed by atoms with Crippen molar-refractivity contribution in [3.63, 3.8) is 0 Å². The first-order chi connectivity index (χ1) is 14.3. The Labute approximate surface area is 179 Å². The molecule has 1 aliphatic rings. The number of nitrogens with zero attached hydrogens (tertiary/aromatic N) is 1. The van der Waals surface area contributed by atoms with Crippen molar-refractivity contribution >= 4 is 38.6 Å². The number of rotatable bonds is 9. The fourth-order valence-electron chi connectivity index (χ4n) is 2.81. The molecule has 1 saturated heterocycles. The average Bonchev–Trinajstić information content (AvgIpc) is 3.03. The number of carbonyl (C=O) groups is 2. The zero-order valence-electron chi connectivity index (χ0n) is 16.6. The number of hydrogen-bond donors (Lipinski definition) is 1. The number of amides is 2. The van der Waals surface area contributed by atoms with Crippen LogP contribution in [-0.2, 0) is 21.4 Å². The maximum Gasteiger partial charge on any atom is 0.289 e. The third-order valence-electron chi connectivity index (χ3n) is 4.21. The second kappa shape index (κ2) is 9.40. The summed E-state index contributed by atoms with van der Waals surface area (Å²) in [7, 11) is -3.85. The molecule has 2 amide bonds. The topological polar surface area (TPSA) is 102 Å². The lowest BCUT2D eigenvalue weighted by Gasteiger charge is -2.15. The summed E-state index contributed by atoms with van der Waals surface area (Å²) in [5, 5.41) is -0.273. The quantitative estimate of drug-likeness (QED) is 0.624. The van der Waals surface area contributed by atoms with Crippen molar-refractivity contribution in [2.45, 2.75) is 25.3 Å². The molecule has 1 heterocycles. The van der Waals surface area contributed by atoms with Gasteiger partial charge in [0.15, 0.2) is 11.5 Å². The van der Waals surface area contributed by atoms with Gasteiger partial charge in [-0.3, -0.25) is 19.2 Å². The van der Waals surface area contributed by atoms with E-state index in [1.165, 1.54) is 17.0 Å². The Balaban J connectivity index is 1.74. The molecule has 3 rings (SSSR count). The van der Waals surface area contributed by atoms with Crippen LogP contribution in [0.1, 0.15) is 19.4 Å². The van der Waals surface area contributed by atoms with Gasteiger partial charge in [0.2, 0.25) is 5.91 Å². The molecule has 0 aromatic heterocycles. The smallest absolute Gasteiger partial charge is 0.289 e. The molecule has 30 heavy (non-hydrogen) atoms. The monoisotopic (exact) mass is 450 g/mol. The molecule has 1 N–H and O–H groups in total. The van der Waals surface area contributed by atoms with Crippen LogP contribution in [0.15, 0.2) is 47.4 Å². The number of ether oxygens (including phenoxy) is 2. The number of nitrogens with one attached hydrogen (secondary N) is 1. The van der Waals surface area contributed by atoms with E-state index in [-0.39, 0.29) is 28.3 Å². The van der Waals surface area contributed by atoms with Gasteiger partial charge in [0.25, 0.3) is 15.3 Å². The molecular weight excluding hydrogens is 428 g/mol. The number of hydrogen-bond acceptors (Lipinski definition) is 7. The number of thioether (sulfide) groups is 1. The zero-order chi connectivity index (χ0) is 21.7. The predicted octanol–water partition coefficient (Wildman–Crippen LogP) is 3.48. The molecule has 0 spiro atoms. The molecule has 2 aromatic rings. The first kappa shape index (κ1) is 22.0. The molecule has 0 radical (unpaired) electrons. The lowest BCUT2D eigenvalue weighted by molar-refractivity contribution is -0.125. The van der Waals surface area contributed by atoms with Crippen LogP contribution in [0, 0.1) is 0 Å². The minimum atomic E-state index is -3.85. The zero-order valence-corrected chi connectivity index (χ0v) is 18.2. The van der Waals surface area contributed by atoms with E-state index in [1.807, 2.05) is 6.92 Å². The molecular formula is C20H22N2O6S2. The van der Waals surface area contributed by atoms with Gasteiger partial charge in [-0.1, -0.05) is 23.9 Å². The lowest BCUT2D eigenvalue weighted by Crippen LogP contribution is -2.27. The van der Waals surface area contributed by atoms with Gasteiger partial charge in [0, 0.05) is 11.8 Å². The first-order valence-corrected chi connectivity index (χ1v) is 11.8. The Kier molecular flexibility index (Phi) is 6.88. The van der Waals surface area contributed by atoms with Gasteiger partial charge in [0.05, 0.1) is 30.4 Å². The molecule has 1 fully saturated rings. The van der Waals surface area contributed by atoms with Gasteiger partial charge in [-0.2, -0.15) is 0 Å². The summed E-state index contributed by atoms with van der Waals surface area (Å²) in [5.74, 6) is 0.764. The minimum Gasteiger partial charge on any atom is -0.490 e. The highest BCUT2D eigenvalue weighted by atomic mass is 32.2. The Hall–Kier alpha value is -2.72. The van der Waals surface area contributed by atoms with Gasteiger partial charge >= 0.3 is 0 Å². The molecule has 0 unspecified atom stereocenters. The molecule has 10 heteroatoms. The number of carbonyl (C=O) groups excluding carboxylic acids is 2. The molecule has 8 nitrogen and oxygen atoms in total. The van der Waals surface area contributed by atoms with Crippen LogP contribution in [0.5, 0.6) is 11.5 Å². The van der Waals surface area contributed by atoms with Gasteiger partial charge in [-0.05, 0) is 43.7 Å². The van der Waals surface area contributed by atoms with E-state index in [9.17, 15) is 18.0 Å². The second-order valence-corrected chi connectivity index (χ2v) is 8.92. The highest BCUT2D eigenvalue weighted by molar-refractivity contribution is 8.14. The maximum atomic E-state index is 12.8. The molecule has 160 valence electrons. The SMILES string of the molecule is CCOc1ccc(S(=O)(=O)Nc2ccc(CN3C(=O)CSC3=O)cc2)cc1OCC. The van der Waals surface area contributed by atoms with E-state index in [4.69, 9.17) is 9.47 Å². The number of sulfonamides is 1. The third kappa shape index (κ3) is 5.06. The largest absolute Gasteiger partial charge is 0.490 e.